The zero-order valence-corrected chi connectivity index (χ0v) is 11.4. The summed E-state index contributed by atoms with van der Waals surface area (Å²) in [7, 11) is 0. The number of nitrogens with one attached hydrogen (secondary N) is 1. The molecule has 0 aliphatic carbocycles. The Morgan fingerprint density at radius 2 is 2.35 bits per heavy atom. The molecule has 0 fully saturated rings. The van der Waals surface area contributed by atoms with E-state index in [1.807, 2.05) is 25.1 Å². The summed E-state index contributed by atoms with van der Waals surface area (Å²) in [6.45, 7) is 1.98. The minimum atomic E-state index is -0.137. The Morgan fingerprint density at radius 1 is 1.55 bits per heavy atom. The number of fused-ring (bicyclic) bond motifs is 1. The molecule has 1 aliphatic rings. The molecule has 1 amide bonds. The molecular weight excluding hydrogens is 258 g/mol. The highest BCUT2D eigenvalue weighted by Crippen LogP contribution is 2.27. The van der Waals surface area contributed by atoms with Crippen LogP contribution >= 0.6 is 0 Å². The lowest BCUT2D eigenvalue weighted by Gasteiger charge is -2.20. The first kappa shape index (κ1) is 14.2. The molecule has 6 nitrogen and oxygen atoms in total. The van der Waals surface area contributed by atoms with Gasteiger partial charge < -0.3 is 21.0 Å². The number of aryl methyl sites for hydroxylation is 1. The van der Waals surface area contributed by atoms with E-state index in [1.54, 1.807) is 0 Å². The molecule has 0 spiro atoms. The molecule has 0 saturated carbocycles. The number of carbonyl (C=O) groups excluding carboxylic acids is 1. The Hall–Kier alpha value is -2.24. The summed E-state index contributed by atoms with van der Waals surface area (Å²) in [5.74, 6) is 0.934. The molecule has 0 aromatic heterocycles. The highest BCUT2D eigenvalue weighted by Gasteiger charge is 2.16. The van der Waals surface area contributed by atoms with Crippen molar-refractivity contribution in [1.29, 1.82) is 0 Å². The van der Waals surface area contributed by atoms with Crippen LogP contribution in [0.4, 0.5) is 5.69 Å². The Bertz CT molecular complexity index is 528. The molecule has 6 heteroatoms. The van der Waals surface area contributed by atoms with E-state index in [-0.39, 0.29) is 17.8 Å². The predicted octanol–water partition coefficient (Wildman–Crippen LogP) is 1.87. The maximum absolute atomic E-state index is 11.3. The number of oxime groups is 1. The Morgan fingerprint density at radius 3 is 3.05 bits per heavy atom. The molecule has 0 saturated heterocycles. The van der Waals surface area contributed by atoms with Gasteiger partial charge in [0, 0.05) is 18.5 Å². The maximum Gasteiger partial charge on any atom is 0.224 e. The quantitative estimate of drug-likeness (QED) is 0.331. The van der Waals surface area contributed by atoms with Crippen LogP contribution in [0, 0.1) is 0 Å². The average molecular weight is 277 g/mol. The summed E-state index contributed by atoms with van der Waals surface area (Å²) in [4.78, 5) is 11.3. The third-order valence-electron chi connectivity index (χ3n) is 3.30. The molecule has 4 N–H and O–H groups in total. The second kappa shape index (κ2) is 6.27. The van der Waals surface area contributed by atoms with Gasteiger partial charge in [0.25, 0.3) is 0 Å². The molecule has 1 aromatic carbocycles. The van der Waals surface area contributed by atoms with Crippen LogP contribution in [0.5, 0.6) is 5.75 Å². The van der Waals surface area contributed by atoms with E-state index in [4.69, 9.17) is 15.7 Å². The van der Waals surface area contributed by atoms with Gasteiger partial charge in [-0.25, -0.2) is 0 Å². The number of carbonyl (C=O) groups is 1. The van der Waals surface area contributed by atoms with Crippen LogP contribution in [0.1, 0.15) is 31.7 Å². The fourth-order valence-corrected chi connectivity index (χ4v) is 2.17. The minimum absolute atomic E-state index is 0.0459. The second-order valence-electron chi connectivity index (χ2n) is 4.81. The lowest BCUT2D eigenvalue weighted by molar-refractivity contribution is -0.116. The normalized spacial score (nSPS) is 16.2. The summed E-state index contributed by atoms with van der Waals surface area (Å²) in [5, 5.41) is 14.4. The van der Waals surface area contributed by atoms with Gasteiger partial charge in [-0.2, -0.15) is 0 Å². The van der Waals surface area contributed by atoms with E-state index in [1.165, 1.54) is 0 Å². The number of hydrogen-bond donors (Lipinski definition) is 3. The summed E-state index contributed by atoms with van der Waals surface area (Å²) in [5.41, 5.74) is 7.42. The molecule has 20 heavy (non-hydrogen) atoms. The zero-order chi connectivity index (χ0) is 14.5. The Labute approximate surface area is 117 Å². The molecule has 0 radical (unpaired) electrons. The predicted molar refractivity (Wildman–Crippen MR) is 76.1 cm³/mol. The van der Waals surface area contributed by atoms with Crippen molar-refractivity contribution in [2.45, 2.75) is 38.7 Å². The number of nitrogens with two attached hydrogens (primary N) is 1. The third kappa shape index (κ3) is 3.40. The van der Waals surface area contributed by atoms with Crippen LogP contribution in [0.15, 0.2) is 23.4 Å². The number of ether oxygens (including phenoxy) is 1. The van der Waals surface area contributed by atoms with Crippen molar-refractivity contribution in [2.24, 2.45) is 10.9 Å². The van der Waals surface area contributed by atoms with Gasteiger partial charge in [0.15, 0.2) is 0 Å². The largest absolute Gasteiger partial charge is 0.490 e. The maximum atomic E-state index is 11.3. The molecule has 1 aliphatic heterocycles. The highest BCUT2D eigenvalue weighted by atomic mass is 16.5. The number of nitrogens with zero attached hydrogens (tertiary/aromatic N) is 1. The standard InChI is InChI=1S/C14H19N3O3/c1-2-10(8-13(15)17-19)20-11-4-5-12-9(7-11)3-6-14(18)16-12/h4-5,7,10,19H,2-3,6,8H2,1H3,(H2,15,17)(H,16,18). The van der Waals surface area contributed by atoms with Gasteiger partial charge in [-0.3, -0.25) is 4.79 Å². The number of amides is 1. The number of hydrogen-bond acceptors (Lipinski definition) is 4. The monoisotopic (exact) mass is 277 g/mol. The smallest absolute Gasteiger partial charge is 0.224 e. The molecule has 108 valence electrons. The minimum Gasteiger partial charge on any atom is -0.490 e. The summed E-state index contributed by atoms with van der Waals surface area (Å²) >= 11 is 0. The summed E-state index contributed by atoms with van der Waals surface area (Å²) in [6, 6.07) is 5.60. The van der Waals surface area contributed by atoms with Crippen molar-refractivity contribution < 1.29 is 14.7 Å². The number of anilines is 1. The highest BCUT2D eigenvalue weighted by molar-refractivity contribution is 5.94. The van der Waals surface area contributed by atoms with Gasteiger partial charge in [0.2, 0.25) is 5.91 Å². The van der Waals surface area contributed by atoms with Crippen molar-refractivity contribution in [3.63, 3.8) is 0 Å². The lowest BCUT2D eigenvalue weighted by Crippen LogP contribution is -2.25. The van der Waals surface area contributed by atoms with Crippen LogP contribution in [0.25, 0.3) is 0 Å². The van der Waals surface area contributed by atoms with Gasteiger partial charge in [-0.05, 0) is 36.6 Å². The number of benzene rings is 1. The van der Waals surface area contributed by atoms with Crippen LogP contribution in [-0.4, -0.2) is 23.1 Å². The molecule has 1 aromatic rings. The van der Waals surface area contributed by atoms with Crippen LogP contribution in [0.2, 0.25) is 0 Å². The molecular formula is C14H19N3O3. The van der Waals surface area contributed by atoms with Crippen LogP contribution in [-0.2, 0) is 11.2 Å². The van der Waals surface area contributed by atoms with Gasteiger partial charge in [0.05, 0.1) is 0 Å². The van der Waals surface area contributed by atoms with Crippen molar-refractivity contribution in [3.8, 4) is 5.75 Å². The van der Waals surface area contributed by atoms with Crippen LogP contribution in [0.3, 0.4) is 0 Å². The fraction of sp³-hybridized carbons (Fsp3) is 0.429. The van der Waals surface area contributed by atoms with Gasteiger partial charge in [-0.15, -0.1) is 0 Å². The van der Waals surface area contributed by atoms with E-state index in [0.717, 1.165) is 29.8 Å². The molecule has 1 atom stereocenters. The number of rotatable bonds is 5. The summed E-state index contributed by atoms with van der Waals surface area (Å²) < 4.78 is 5.84. The first-order valence-corrected chi connectivity index (χ1v) is 6.68. The van der Waals surface area contributed by atoms with E-state index in [9.17, 15) is 4.79 Å². The van der Waals surface area contributed by atoms with E-state index in [2.05, 4.69) is 10.5 Å². The first-order valence-electron chi connectivity index (χ1n) is 6.68. The zero-order valence-electron chi connectivity index (χ0n) is 11.4. The Balaban J connectivity index is 2.07. The van der Waals surface area contributed by atoms with E-state index < -0.39 is 0 Å². The average Bonchev–Trinajstić information content (AvgIpc) is 2.46. The lowest BCUT2D eigenvalue weighted by atomic mass is 10.0. The number of amidine groups is 1. The van der Waals surface area contributed by atoms with E-state index in [0.29, 0.717) is 12.8 Å². The molecule has 0 bridgehead atoms. The molecule has 2 rings (SSSR count). The first-order chi connectivity index (χ1) is 9.62. The van der Waals surface area contributed by atoms with E-state index >= 15 is 0 Å². The van der Waals surface area contributed by atoms with Crippen LogP contribution < -0.4 is 15.8 Å². The van der Waals surface area contributed by atoms with Crippen molar-refractivity contribution in [2.75, 3.05) is 5.32 Å². The van der Waals surface area contributed by atoms with Gasteiger partial charge in [-0.1, -0.05) is 12.1 Å². The SMILES string of the molecule is CCC(C/C(N)=N/O)Oc1ccc2c(c1)CCC(=O)N2. The summed E-state index contributed by atoms with van der Waals surface area (Å²) in [6.07, 6.45) is 2.21. The van der Waals surface area contributed by atoms with Crippen molar-refractivity contribution in [3.05, 3.63) is 23.8 Å². The molecule has 1 heterocycles. The second-order valence-corrected chi connectivity index (χ2v) is 4.81. The van der Waals surface area contributed by atoms with Crippen molar-refractivity contribution >= 4 is 17.4 Å². The third-order valence-corrected chi connectivity index (χ3v) is 3.30. The van der Waals surface area contributed by atoms with Crippen molar-refractivity contribution in [1.82, 2.24) is 0 Å². The van der Waals surface area contributed by atoms with Gasteiger partial charge in [0.1, 0.15) is 17.7 Å². The molecule has 1 unspecified atom stereocenters. The fourth-order valence-electron chi connectivity index (χ4n) is 2.17. The van der Waals surface area contributed by atoms with Gasteiger partial charge >= 0.3 is 0 Å². The topological polar surface area (TPSA) is 96.9 Å². The Kier molecular flexibility index (Phi) is 4.45.